The summed E-state index contributed by atoms with van der Waals surface area (Å²) in [6, 6.07) is 0. The molecule has 228 valence electrons. The number of carbonyl (C=O) groups excluding carboxylic acids is 3. The normalized spacial score (nSPS) is 43.8. The molecule has 0 spiro atoms. The van der Waals surface area contributed by atoms with E-state index in [9.17, 15) is 14.4 Å². The van der Waals surface area contributed by atoms with Gasteiger partial charge in [0, 0.05) is 29.6 Å². The van der Waals surface area contributed by atoms with E-state index in [2.05, 4.69) is 39.5 Å². The minimum Gasteiger partial charge on any atom is -0.307 e. The first kappa shape index (κ1) is 30.0. The molecule has 0 radical (unpaired) electrons. The Hall–Kier alpha value is -2.02. The van der Waals surface area contributed by atoms with E-state index in [-0.39, 0.29) is 50.8 Å². The Bertz CT molecular complexity index is 1320. The number of hydrogen-bond donors (Lipinski definition) is 0. The zero-order chi connectivity index (χ0) is 30.5. The van der Waals surface area contributed by atoms with Crippen LogP contribution >= 0.6 is 0 Å². The largest absolute Gasteiger partial charge is 0.307 e. The van der Waals surface area contributed by atoms with Gasteiger partial charge in [-0.15, -0.1) is 0 Å². The third kappa shape index (κ3) is 4.07. The fourth-order valence-corrected chi connectivity index (χ4v) is 11.7. The zero-order valence-electron chi connectivity index (χ0n) is 27.3. The van der Waals surface area contributed by atoms with Crippen LogP contribution in [0.1, 0.15) is 132 Å². The fraction of sp³-hybridized carbons (Fsp3) is 0.789. The third-order valence-corrected chi connectivity index (χ3v) is 14.7. The Kier molecular flexibility index (Phi) is 6.78. The Labute approximate surface area is 254 Å². The van der Waals surface area contributed by atoms with E-state index in [1.807, 2.05) is 26.0 Å². The van der Waals surface area contributed by atoms with Crippen molar-refractivity contribution in [3.63, 3.8) is 0 Å². The topological polar surface area (TPSA) is 55.6 Å². The van der Waals surface area contributed by atoms with Gasteiger partial charge in [0.2, 0.25) is 5.70 Å². The summed E-state index contributed by atoms with van der Waals surface area (Å²) < 4.78 is 0. The smallest absolute Gasteiger partial charge is 0.226 e. The number of allylic oxidation sites excluding steroid dienone is 4. The SMILES string of the molecule is [C-]#[N+]C1=C[C@]2(C)C3=CC(=O)[C@@H]4[C@@H]5CC(C)(C)CC[C@]5(CCC(=O)CC5CCC5)CC[C@@]4(C)[C@]3(C)CC[C@H]2C(C)(C)C1=O. The average Bonchev–Trinajstić information content (AvgIpc) is 2.89. The van der Waals surface area contributed by atoms with Crippen LogP contribution in [0, 0.1) is 62.7 Å². The number of Topliss-reactive ketones (excluding diaryl/α,β-unsaturated/α-hetero) is 2. The summed E-state index contributed by atoms with van der Waals surface area (Å²) in [6.45, 7) is 23.6. The summed E-state index contributed by atoms with van der Waals surface area (Å²) in [5.74, 6) is 1.61. The Morgan fingerprint density at radius 1 is 0.952 bits per heavy atom. The van der Waals surface area contributed by atoms with Gasteiger partial charge in [0.25, 0.3) is 0 Å². The molecule has 7 atom stereocenters. The number of carbonyl (C=O) groups is 3. The number of nitrogens with zero attached hydrogens (tertiary/aromatic N) is 1. The summed E-state index contributed by atoms with van der Waals surface area (Å²) in [5.41, 5.74) is 0.210. The first-order chi connectivity index (χ1) is 19.5. The molecular formula is C38H53NO3. The molecule has 6 aliphatic carbocycles. The maximum Gasteiger partial charge on any atom is 0.226 e. The molecule has 4 heteroatoms. The van der Waals surface area contributed by atoms with Crippen molar-refractivity contribution >= 4 is 17.3 Å². The predicted molar refractivity (Wildman–Crippen MR) is 166 cm³/mol. The molecule has 4 saturated carbocycles. The van der Waals surface area contributed by atoms with Gasteiger partial charge in [-0.1, -0.05) is 79.4 Å². The van der Waals surface area contributed by atoms with Gasteiger partial charge >= 0.3 is 0 Å². The van der Waals surface area contributed by atoms with E-state index in [0.29, 0.717) is 24.0 Å². The lowest BCUT2D eigenvalue weighted by Crippen LogP contribution is -2.64. The van der Waals surface area contributed by atoms with Crippen molar-refractivity contribution in [2.45, 2.75) is 132 Å². The second-order valence-corrected chi connectivity index (χ2v) is 17.6. The standard InChI is InChI=1S/C38H53NO3/c1-33(2)16-18-38(15-12-25(40)20-24-10-9-11-24)19-17-37(7)31(26(38)22-33)28(41)21-30-35(5)23-27(39-8)32(42)34(3,4)29(35)13-14-36(30,37)6/h21,23-24,26,29,31H,9-20,22H2,1-7H3/t26-,29-,31-,35-,36+,37+,38+/m0/s1. The second-order valence-electron chi connectivity index (χ2n) is 17.6. The molecule has 0 unspecified atom stereocenters. The molecule has 42 heavy (non-hydrogen) atoms. The summed E-state index contributed by atoms with van der Waals surface area (Å²) in [7, 11) is 0. The number of hydrogen-bond acceptors (Lipinski definition) is 3. The van der Waals surface area contributed by atoms with Crippen LogP contribution in [0.2, 0.25) is 0 Å². The van der Waals surface area contributed by atoms with Crippen molar-refractivity contribution in [1.82, 2.24) is 0 Å². The van der Waals surface area contributed by atoms with Gasteiger partial charge in [-0.3, -0.25) is 9.59 Å². The predicted octanol–water partition coefficient (Wildman–Crippen LogP) is 9.10. The molecule has 0 N–H and O–H groups in total. The maximum absolute atomic E-state index is 14.7. The molecule has 0 heterocycles. The lowest BCUT2D eigenvalue weighted by molar-refractivity contribution is -0.173. The van der Waals surface area contributed by atoms with Crippen molar-refractivity contribution in [1.29, 1.82) is 0 Å². The van der Waals surface area contributed by atoms with Gasteiger partial charge in [0.15, 0.2) is 11.6 Å². The van der Waals surface area contributed by atoms with Crippen LogP contribution in [0.5, 0.6) is 0 Å². The van der Waals surface area contributed by atoms with Crippen LogP contribution in [0.15, 0.2) is 23.4 Å². The van der Waals surface area contributed by atoms with Crippen LogP contribution < -0.4 is 0 Å². The minimum absolute atomic E-state index is 0.0380. The highest BCUT2D eigenvalue weighted by Crippen LogP contribution is 2.75. The van der Waals surface area contributed by atoms with E-state index in [0.717, 1.165) is 51.4 Å². The van der Waals surface area contributed by atoms with E-state index >= 15 is 0 Å². The first-order valence-corrected chi connectivity index (χ1v) is 17.0. The number of fused-ring (bicyclic) bond motifs is 7. The van der Waals surface area contributed by atoms with E-state index in [4.69, 9.17) is 6.57 Å². The van der Waals surface area contributed by atoms with Crippen LogP contribution in [-0.4, -0.2) is 17.3 Å². The Morgan fingerprint density at radius 2 is 1.64 bits per heavy atom. The molecular weight excluding hydrogens is 518 g/mol. The quantitative estimate of drug-likeness (QED) is 0.309. The molecule has 4 nitrogen and oxygen atoms in total. The van der Waals surface area contributed by atoms with Crippen molar-refractivity contribution < 1.29 is 14.4 Å². The first-order valence-electron chi connectivity index (χ1n) is 17.0. The van der Waals surface area contributed by atoms with Crippen LogP contribution in [-0.2, 0) is 14.4 Å². The lowest BCUT2D eigenvalue weighted by atomic mass is 9.34. The molecule has 6 rings (SSSR count). The summed E-state index contributed by atoms with van der Waals surface area (Å²) in [4.78, 5) is 44.8. The Balaban J connectivity index is 1.40. The number of rotatable bonds is 5. The van der Waals surface area contributed by atoms with Gasteiger partial charge in [-0.2, -0.15) is 0 Å². The van der Waals surface area contributed by atoms with Crippen molar-refractivity contribution in [3.05, 3.63) is 34.8 Å². The monoisotopic (exact) mass is 571 g/mol. The molecule has 0 aromatic heterocycles. The highest BCUT2D eigenvalue weighted by atomic mass is 16.1. The average molecular weight is 572 g/mol. The minimum atomic E-state index is -0.631. The zero-order valence-corrected chi connectivity index (χ0v) is 27.3. The molecule has 0 aromatic rings. The summed E-state index contributed by atoms with van der Waals surface area (Å²) in [6.07, 6.45) is 17.4. The molecule has 0 bridgehead atoms. The van der Waals surface area contributed by atoms with Gasteiger partial charge in [-0.05, 0) is 96.9 Å². The summed E-state index contributed by atoms with van der Waals surface area (Å²) in [5, 5.41) is 0. The van der Waals surface area contributed by atoms with E-state index in [1.165, 1.54) is 31.3 Å². The lowest BCUT2D eigenvalue weighted by Gasteiger charge is -2.69. The van der Waals surface area contributed by atoms with Gasteiger partial charge in [0.05, 0.1) is 6.57 Å². The third-order valence-electron chi connectivity index (χ3n) is 14.7. The van der Waals surface area contributed by atoms with E-state index in [1.54, 1.807) is 0 Å². The van der Waals surface area contributed by atoms with Gasteiger partial charge in [0.1, 0.15) is 5.78 Å². The fourth-order valence-electron chi connectivity index (χ4n) is 11.7. The molecule has 0 amide bonds. The molecule has 4 fully saturated rings. The van der Waals surface area contributed by atoms with Crippen LogP contribution in [0.25, 0.3) is 4.85 Å². The van der Waals surface area contributed by atoms with E-state index < -0.39 is 10.8 Å². The summed E-state index contributed by atoms with van der Waals surface area (Å²) >= 11 is 0. The number of ketones is 3. The van der Waals surface area contributed by atoms with Crippen LogP contribution in [0.3, 0.4) is 0 Å². The van der Waals surface area contributed by atoms with Gasteiger partial charge in [-0.25, -0.2) is 4.85 Å². The molecule has 0 aromatic carbocycles. The molecule has 6 aliphatic rings. The van der Waals surface area contributed by atoms with Crippen LogP contribution in [0.4, 0.5) is 0 Å². The van der Waals surface area contributed by atoms with Gasteiger partial charge < -0.3 is 4.79 Å². The Morgan fingerprint density at radius 3 is 2.29 bits per heavy atom. The molecule has 0 saturated heterocycles. The van der Waals surface area contributed by atoms with Crippen molar-refractivity contribution in [2.24, 2.45) is 56.2 Å². The highest BCUT2D eigenvalue weighted by Gasteiger charge is 2.69. The molecule has 0 aliphatic heterocycles. The van der Waals surface area contributed by atoms with Crippen molar-refractivity contribution in [3.8, 4) is 0 Å². The van der Waals surface area contributed by atoms with Crippen molar-refractivity contribution in [2.75, 3.05) is 0 Å². The highest BCUT2D eigenvalue weighted by molar-refractivity contribution is 6.03. The second kappa shape index (κ2) is 9.49. The maximum atomic E-state index is 14.7.